The van der Waals surface area contributed by atoms with Crippen LogP contribution in [0.1, 0.15) is 17.7 Å². The molecule has 6 heteroatoms. The topological polar surface area (TPSA) is 68.5 Å². The van der Waals surface area contributed by atoms with E-state index in [1.165, 1.54) is 6.07 Å². The highest BCUT2D eigenvalue weighted by atomic mass is 19.1. The molecule has 1 aromatic heterocycles. The highest BCUT2D eigenvalue weighted by Gasteiger charge is 2.11. The van der Waals surface area contributed by atoms with E-state index < -0.39 is 24.3 Å². The number of carbonyl (C=O) groups excluding carboxylic acids is 2. The van der Waals surface area contributed by atoms with Gasteiger partial charge in [-0.1, -0.05) is 48.5 Å². The van der Waals surface area contributed by atoms with Crippen molar-refractivity contribution in [3.63, 3.8) is 0 Å². The van der Waals surface area contributed by atoms with Crippen molar-refractivity contribution >= 4 is 11.9 Å². The summed E-state index contributed by atoms with van der Waals surface area (Å²) in [6.07, 6.45) is 0.477. The van der Waals surface area contributed by atoms with Crippen molar-refractivity contribution in [1.82, 2.24) is 5.32 Å². The maximum Gasteiger partial charge on any atom is 0.306 e. The first kappa shape index (κ1) is 19.4. The third-order valence-electron chi connectivity index (χ3n) is 4.09. The van der Waals surface area contributed by atoms with Gasteiger partial charge in [0.1, 0.15) is 17.3 Å². The smallest absolute Gasteiger partial charge is 0.306 e. The van der Waals surface area contributed by atoms with Crippen molar-refractivity contribution in [1.29, 1.82) is 0 Å². The van der Waals surface area contributed by atoms with Gasteiger partial charge in [0.2, 0.25) is 0 Å². The number of esters is 1. The third kappa shape index (κ3) is 5.54. The van der Waals surface area contributed by atoms with Crippen molar-refractivity contribution < 1.29 is 23.1 Å². The van der Waals surface area contributed by atoms with Gasteiger partial charge < -0.3 is 14.5 Å². The van der Waals surface area contributed by atoms with Crippen LogP contribution in [0.15, 0.2) is 71.1 Å². The molecule has 2 aromatic carbocycles. The Labute approximate surface area is 162 Å². The second-order valence-corrected chi connectivity index (χ2v) is 6.16. The molecule has 0 saturated carbocycles. The molecular weight excluding hydrogens is 361 g/mol. The lowest BCUT2D eigenvalue weighted by molar-refractivity contribution is -0.148. The zero-order valence-electron chi connectivity index (χ0n) is 15.2. The molecule has 5 nitrogen and oxygen atoms in total. The Kier molecular flexibility index (Phi) is 6.57. The van der Waals surface area contributed by atoms with Gasteiger partial charge in [-0.15, -0.1) is 0 Å². The number of halogens is 1. The first-order chi connectivity index (χ1) is 13.6. The standard InChI is InChI=1S/C22H20FNO4/c23-19-9-5-4-8-17(19)14-24-21(25)15-27-22(26)13-11-18-10-12-20(28-18)16-6-2-1-3-7-16/h1-10,12H,11,13-15H2,(H,24,25). The van der Waals surface area contributed by atoms with E-state index in [-0.39, 0.29) is 13.0 Å². The van der Waals surface area contributed by atoms with Gasteiger partial charge in [-0.25, -0.2) is 4.39 Å². The summed E-state index contributed by atoms with van der Waals surface area (Å²) in [6, 6.07) is 19.5. The van der Waals surface area contributed by atoms with E-state index in [9.17, 15) is 14.0 Å². The first-order valence-corrected chi connectivity index (χ1v) is 8.91. The summed E-state index contributed by atoms with van der Waals surface area (Å²) in [5.74, 6) is 0.0177. The fourth-order valence-electron chi connectivity index (χ4n) is 2.60. The van der Waals surface area contributed by atoms with Gasteiger partial charge in [-0.05, 0) is 18.2 Å². The Morgan fingerprint density at radius 2 is 1.71 bits per heavy atom. The molecule has 0 atom stereocenters. The predicted octanol–water partition coefficient (Wildman–Crippen LogP) is 3.88. The average Bonchev–Trinajstić information content (AvgIpc) is 3.20. The number of hydrogen-bond acceptors (Lipinski definition) is 4. The molecule has 0 saturated heterocycles. The first-order valence-electron chi connectivity index (χ1n) is 8.91. The molecule has 0 fully saturated rings. The van der Waals surface area contributed by atoms with Gasteiger partial charge >= 0.3 is 5.97 Å². The minimum Gasteiger partial charge on any atom is -0.461 e. The van der Waals surface area contributed by atoms with Crippen LogP contribution < -0.4 is 5.32 Å². The molecule has 0 aliphatic rings. The van der Waals surface area contributed by atoms with Crippen LogP contribution in [-0.4, -0.2) is 18.5 Å². The number of ether oxygens (including phenoxy) is 1. The summed E-state index contributed by atoms with van der Waals surface area (Å²) in [5.41, 5.74) is 1.33. The van der Waals surface area contributed by atoms with Crippen LogP contribution in [0.5, 0.6) is 0 Å². The highest BCUT2D eigenvalue weighted by Crippen LogP contribution is 2.22. The van der Waals surface area contributed by atoms with Crippen LogP contribution in [0.3, 0.4) is 0 Å². The monoisotopic (exact) mass is 381 g/mol. The van der Waals surface area contributed by atoms with E-state index >= 15 is 0 Å². The predicted molar refractivity (Wildman–Crippen MR) is 102 cm³/mol. The molecule has 0 bridgehead atoms. The number of nitrogens with one attached hydrogen (secondary N) is 1. The summed E-state index contributed by atoms with van der Waals surface area (Å²) >= 11 is 0. The normalized spacial score (nSPS) is 10.5. The summed E-state index contributed by atoms with van der Waals surface area (Å²) in [5, 5.41) is 2.52. The lowest BCUT2D eigenvalue weighted by atomic mass is 10.2. The molecule has 0 radical (unpaired) electrons. The zero-order chi connectivity index (χ0) is 19.8. The summed E-state index contributed by atoms with van der Waals surface area (Å²) in [7, 11) is 0. The van der Waals surface area contributed by atoms with E-state index in [0.29, 0.717) is 17.7 Å². The van der Waals surface area contributed by atoms with E-state index in [4.69, 9.17) is 9.15 Å². The van der Waals surface area contributed by atoms with Gasteiger partial charge in [-0.3, -0.25) is 9.59 Å². The van der Waals surface area contributed by atoms with Crippen LogP contribution in [-0.2, 0) is 27.3 Å². The molecule has 0 spiro atoms. The molecule has 3 rings (SSSR count). The summed E-state index contributed by atoms with van der Waals surface area (Å²) in [4.78, 5) is 23.6. The van der Waals surface area contributed by atoms with Gasteiger partial charge in [0.05, 0.1) is 6.42 Å². The van der Waals surface area contributed by atoms with E-state index in [2.05, 4.69) is 5.32 Å². The lowest BCUT2D eigenvalue weighted by Crippen LogP contribution is -2.28. The molecule has 28 heavy (non-hydrogen) atoms. The van der Waals surface area contributed by atoms with Gasteiger partial charge in [0.25, 0.3) is 5.91 Å². The van der Waals surface area contributed by atoms with Crippen LogP contribution >= 0.6 is 0 Å². The minimum absolute atomic E-state index is 0.0394. The van der Waals surface area contributed by atoms with Crippen molar-refractivity contribution in [3.05, 3.63) is 83.9 Å². The second kappa shape index (κ2) is 9.50. The van der Waals surface area contributed by atoms with Gasteiger partial charge in [0.15, 0.2) is 6.61 Å². The van der Waals surface area contributed by atoms with Crippen LogP contribution in [0, 0.1) is 5.82 Å². The number of aryl methyl sites for hydroxylation is 1. The quantitative estimate of drug-likeness (QED) is 0.602. The molecule has 0 aliphatic heterocycles. The Hall–Kier alpha value is -3.41. The molecule has 1 amide bonds. The molecule has 3 aromatic rings. The Morgan fingerprint density at radius 1 is 0.964 bits per heavy atom. The van der Waals surface area contributed by atoms with Crippen LogP contribution in [0.4, 0.5) is 4.39 Å². The van der Waals surface area contributed by atoms with Crippen molar-refractivity contribution in [3.8, 4) is 11.3 Å². The fraction of sp³-hybridized carbons (Fsp3) is 0.182. The lowest BCUT2D eigenvalue weighted by Gasteiger charge is -2.07. The molecular formula is C22H20FNO4. The van der Waals surface area contributed by atoms with E-state index in [0.717, 1.165) is 11.3 Å². The maximum atomic E-state index is 13.5. The van der Waals surface area contributed by atoms with Crippen molar-refractivity contribution in [2.45, 2.75) is 19.4 Å². The van der Waals surface area contributed by atoms with Crippen molar-refractivity contribution in [2.75, 3.05) is 6.61 Å². The van der Waals surface area contributed by atoms with Gasteiger partial charge in [0, 0.05) is 24.1 Å². The Bertz CT molecular complexity index is 936. The molecule has 0 unspecified atom stereocenters. The number of carbonyl (C=O) groups is 2. The maximum absolute atomic E-state index is 13.5. The second-order valence-electron chi connectivity index (χ2n) is 6.16. The summed E-state index contributed by atoms with van der Waals surface area (Å²) < 4.78 is 24.2. The van der Waals surface area contributed by atoms with Gasteiger partial charge in [-0.2, -0.15) is 0 Å². The number of rotatable bonds is 8. The molecule has 1 N–H and O–H groups in total. The largest absolute Gasteiger partial charge is 0.461 e. The Balaban J connectivity index is 1.38. The zero-order valence-corrected chi connectivity index (χ0v) is 15.2. The molecule has 0 aliphatic carbocycles. The van der Waals surface area contributed by atoms with Crippen molar-refractivity contribution in [2.24, 2.45) is 0 Å². The third-order valence-corrected chi connectivity index (χ3v) is 4.09. The van der Waals surface area contributed by atoms with E-state index in [1.807, 2.05) is 42.5 Å². The molecule has 144 valence electrons. The van der Waals surface area contributed by atoms with Crippen LogP contribution in [0.25, 0.3) is 11.3 Å². The SMILES string of the molecule is O=C(COC(=O)CCc1ccc(-c2ccccc2)o1)NCc1ccccc1F. The number of amides is 1. The van der Waals surface area contributed by atoms with Crippen LogP contribution in [0.2, 0.25) is 0 Å². The number of hydrogen-bond donors (Lipinski definition) is 1. The number of benzene rings is 2. The number of furan rings is 1. The van der Waals surface area contributed by atoms with E-state index in [1.54, 1.807) is 18.2 Å². The summed E-state index contributed by atoms with van der Waals surface area (Å²) in [6.45, 7) is -0.363. The molecule has 1 heterocycles. The Morgan fingerprint density at radius 3 is 2.50 bits per heavy atom. The highest BCUT2D eigenvalue weighted by molar-refractivity contribution is 5.80. The fourth-order valence-corrected chi connectivity index (χ4v) is 2.60. The average molecular weight is 381 g/mol. The minimum atomic E-state index is -0.501.